The molecule has 3 aromatic rings. The van der Waals surface area contributed by atoms with Gasteiger partial charge in [-0.15, -0.1) is 0 Å². The number of methoxy groups -OCH3 is 1. The van der Waals surface area contributed by atoms with Crippen molar-refractivity contribution >= 4 is 17.0 Å². The van der Waals surface area contributed by atoms with Gasteiger partial charge in [0.2, 0.25) is 5.88 Å². The van der Waals surface area contributed by atoms with Gasteiger partial charge < -0.3 is 24.7 Å². The molecular formula is C22H27N5O3. The second-order valence-electron chi connectivity index (χ2n) is 8.35. The third-order valence-corrected chi connectivity index (χ3v) is 4.93. The lowest BCUT2D eigenvalue weighted by molar-refractivity contribution is 0.0192. The number of benzene rings is 1. The van der Waals surface area contributed by atoms with E-state index in [-0.39, 0.29) is 12.1 Å². The molecule has 3 heterocycles. The van der Waals surface area contributed by atoms with Gasteiger partial charge in [-0.05, 0) is 32.9 Å². The van der Waals surface area contributed by atoms with Gasteiger partial charge in [0.25, 0.3) is 0 Å². The number of carbonyl (C=O) groups is 1. The van der Waals surface area contributed by atoms with Gasteiger partial charge in [-0.2, -0.15) is 0 Å². The molecule has 1 aromatic carbocycles. The summed E-state index contributed by atoms with van der Waals surface area (Å²) in [5, 5.41) is 4.44. The summed E-state index contributed by atoms with van der Waals surface area (Å²) >= 11 is 0. The van der Waals surface area contributed by atoms with Gasteiger partial charge in [-0.1, -0.05) is 18.2 Å². The van der Waals surface area contributed by atoms with Crippen molar-refractivity contribution in [1.29, 1.82) is 0 Å². The molecule has 30 heavy (non-hydrogen) atoms. The highest BCUT2D eigenvalue weighted by atomic mass is 16.6. The second-order valence-corrected chi connectivity index (χ2v) is 8.35. The van der Waals surface area contributed by atoms with Crippen LogP contribution in [0.4, 0.5) is 4.79 Å². The first-order valence-electron chi connectivity index (χ1n) is 10.0. The Hall–Kier alpha value is -3.13. The zero-order valence-electron chi connectivity index (χ0n) is 17.7. The van der Waals surface area contributed by atoms with E-state index in [9.17, 15) is 4.79 Å². The summed E-state index contributed by atoms with van der Waals surface area (Å²) in [7, 11) is 1.61. The number of amides is 1. The van der Waals surface area contributed by atoms with E-state index in [1.165, 1.54) is 0 Å². The van der Waals surface area contributed by atoms with E-state index in [0.29, 0.717) is 25.5 Å². The van der Waals surface area contributed by atoms with Gasteiger partial charge in [0, 0.05) is 25.0 Å². The molecule has 0 aliphatic carbocycles. The summed E-state index contributed by atoms with van der Waals surface area (Å²) in [6, 6.07) is 9.84. The molecule has 0 unspecified atom stereocenters. The quantitative estimate of drug-likeness (QED) is 0.688. The van der Waals surface area contributed by atoms with Crippen molar-refractivity contribution in [3.05, 3.63) is 42.4 Å². The fraction of sp³-hybridized carbons (Fsp3) is 0.409. The number of hydrogen-bond acceptors (Lipinski definition) is 6. The van der Waals surface area contributed by atoms with Crippen LogP contribution >= 0.6 is 0 Å². The highest BCUT2D eigenvalue weighted by Crippen LogP contribution is 2.31. The molecule has 0 radical (unpaired) electrons. The molecule has 8 heteroatoms. The Morgan fingerprint density at radius 2 is 2.07 bits per heavy atom. The molecule has 8 nitrogen and oxygen atoms in total. The lowest BCUT2D eigenvalue weighted by Crippen LogP contribution is -2.50. The molecule has 4 rings (SSSR count). The highest BCUT2D eigenvalue weighted by molar-refractivity contribution is 5.85. The monoisotopic (exact) mass is 409 g/mol. The number of carbonyl (C=O) groups excluding carboxylic acids is 1. The zero-order chi connectivity index (χ0) is 21.3. The minimum atomic E-state index is -0.519. The number of para-hydroxylation sites is 1. The lowest BCUT2D eigenvalue weighted by Gasteiger charge is -2.34. The molecule has 158 valence electrons. The maximum absolute atomic E-state index is 12.4. The Morgan fingerprint density at radius 3 is 2.83 bits per heavy atom. The first kappa shape index (κ1) is 20.2. The highest BCUT2D eigenvalue weighted by Gasteiger charge is 2.29. The van der Waals surface area contributed by atoms with Crippen molar-refractivity contribution in [3.8, 4) is 17.1 Å². The van der Waals surface area contributed by atoms with Crippen LogP contribution in [0.2, 0.25) is 0 Å². The molecule has 0 spiro atoms. The number of H-pyrrole nitrogens is 1. The first-order valence-corrected chi connectivity index (χ1v) is 10.0. The summed E-state index contributed by atoms with van der Waals surface area (Å²) in [6.45, 7) is 7.36. The van der Waals surface area contributed by atoms with Gasteiger partial charge in [0.05, 0.1) is 36.1 Å². The predicted octanol–water partition coefficient (Wildman–Crippen LogP) is 3.51. The third-order valence-electron chi connectivity index (χ3n) is 4.93. The lowest BCUT2D eigenvalue weighted by atomic mass is 10.1. The van der Waals surface area contributed by atoms with E-state index in [2.05, 4.69) is 20.3 Å². The van der Waals surface area contributed by atoms with Crippen molar-refractivity contribution in [2.75, 3.05) is 26.7 Å². The van der Waals surface area contributed by atoms with Crippen LogP contribution in [0.15, 0.2) is 36.5 Å². The van der Waals surface area contributed by atoms with Gasteiger partial charge in [-0.25, -0.2) is 14.8 Å². The fourth-order valence-electron chi connectivity index (χ4n) is 3.52. The minimum absolute atomic E-state index is 0.112. The van der Waals surface area contributed by atoms with Crippen LogP contribution in [0.1, 0.15) is 32.6 Å². The molecule has 1 atom stereocenters. The van der Waals surface area contributed by atoms with Crippen molar-refractivity contribution in [2.24, 2.45) is 0 Å². The van der Waals surface area contributed by atoms with Crippen LogP contribution in [-0.2, 0) is 4.74 Å². The molecule has 1 fully saturated rings. The van der Waals surface area contributed by atoms with Crippen LogP contribution in [-0.4, -0.2) is 58.3 Å². The molecule has 2 N–H and O–H groups in total. The normalized spacial score (nSPS) is 17.2. The second kappa shape index (κ2) is 7.95. The van der Waals surface area contributed by atoms with Gasteiger partial charge in [0.15, 0.2) is 0 Å². The minimum Gasteiger partial charge on any atom is -0.480 e. The maximum atomic E-state index is 12.4. The van der Waals surface area contributed by atoms with E-state index in [4.69, 9.17) is 9.47 Å². The molecule has 0 bridgehead atoms. The molecule has 1 saturated heterocycles. The smallest absolute Gasteiger partial charge is 0.410 e. The largest absolute Gasteiger partial charge is 0.480 e. The van der Waals surface area contributed by atoms with Crippen molar-refractivity contribution in [2.45, 2.75) is 32.4 Å². The molecule has 1 aliphatic heterocycles. The summed E-state index contributed by atoms with van der Waals surface area (Å²) < 4.78 is 11.0. The third kappa shape index (κ3) is 4.23. The van der Waals surface area contributed by atoms with Gasteiger partial charge in [-0.3, -0.25) is 0 Å². The summed E-state index contributed by atoms with van der Waals surface area (Å²) in [4.78, 5) is 26.7. The van der Waals surface area contributed by atoms with Crippen molar-refractivity contribution < 1.29 is 14.3 Å². The van der Waals surface area contributed by atoms with Crippen LogP contribution in [0.3, 0.4) is 0 Å². The Labute approximate surface area is 175 Å². The number of fused-ring (bicyclic) bond motifs is 1. The SMILES string of the molecule is COc1nc2ccccc2cc1-c1cnc([C@@H]2CN(C(=O)OC(C)(C)C)CCN2)[nH]1. The number of rotatable bonds is 3. The molecule has 2 aromatic heterocycles. The Bertz CT molecular complexity index is 1060. The standard InChI is InChI=1S/C22H27N5O3/c1-22(2,3)30-21(28)27-10-9-23-18(13-27)19-24-12-17(25-19)15-11-14-7-5-6-8-16(14)26-20(15)29-4/h5-8,11-12,18,23H,9-10,13H2,1-4H3,(H,24,25)/t18-/m0/s1. The summed E-state index contributed by atoms with van der Waals surface area (Å²) in [5.74, 6) is 1.30. The topological polar surface area (TPSA) is 92.4 Å². The van der Waals surface area contributed by atoms with Crippen LogP contribution in [0.5, 0.6) is 5.88 Å². The average Bonchev–Trinajstić information content (AvgIpc) is 3.22. The van der Waals surface area contributed by atoms with Crippen molar-refractivity contribution in [1.82, 2.24) is 25.2 Å². The number of pyridine rings is 1. The number of imidazole rings is 1. The van der Waals surface area contributed by atoms with E-state index in [0.717, 1.165) is 28.0 Å². The van der Waals surface area contributed by atoms with Crippen LogP contribution < -0.4 is 10.1 Å². The molecule has 1 aliphatic rings. The Morgan fingerprint density at radius 1 is 1.27 bits per heavy atom. The molecule has 0 saturated carbocycles. The van der Waals surface area contributed by atoms with E-state index < -0.39 is 5.60 Å². The number of aromatic amines is 1. The zero-order valence-corrected chi connectivity index (χ0v) is 17.7. The average molecular weight is 409 g/mol. The summed E-state index contributed by atoms with van der Waals surface area (Å²) in [6.07, 6.45) is 1.47. The maximum Gasteiger partial charge on any atom is 0.410 e. The van der Waals surface area contributed by atoms with Gasteiger partial charge in [0.1, 0.15) is 11.4 Å². The number of hydrogen-bond donors (Lipinski definition) is 2. The number of aromatic nitrogens is 3. The van der Waals surface area contributed by atoms with Gasteiger partial charge >= 0.3 is 6.09 Å². The number of ether oxygens (including phenoxy) is 2. The van der Waals surface area contributed by atoms with E-state index in [1.807, 2.05) is 51.1 Å². The number of nitrogens with one attached hydrogen (secondary N) is 2. The fourth-order valence-corrected chi connectivity index (χ4v) is 3.52. The van der Waals surface area contributed by atoms with Crippen LogP contribution in [0, 0.1) is 0 Å². The molecular weight excluding hydrogens is 382 g/mol. The van der Waals surface area contributed by atoms with Crippen molar-refractivity contribution in [3.63, 3.8) is 0 Å². The number of nitrogens with zero attached hydrogens (tertiary/aromatic N) is 3. The molecule has 1 amide bonds. The Kier molecular flexibility index (Phi) is 5.34. The summed E-state index contributed by atoms with van der Waals surface area (Å²) in [5.41, 5.74) is 2.01. The van der Waals surface area contributed by atoms with E-state index >= 15 is 0 Å². The van der Waals surface area contributed by atoms with Crippen LogP contribution in [0.25, 0.3) is 22.2 Å². The number of piperazine rings is 1. The Balaban J connectivity index is 1.57. The first-order chi connectivity index (χ1) is 14.3. The van der Waals surface area contributed by atoms with E-state index in [1.54, 1.807) is 18.2 Å². The predicted molar refractivity (Wildman–Crippen MR) is 114 cm³/mol.